The van der Waals surface area contributed by atoms with Gasteiger partial charge in [0, 0.05) is 32.5 Å². The topological polar surface area (TPSA) is 104 Å². The monoisotopic (exact) mass is 246 g/mol. The first-order chi connectivity index (χ1) is 8.06. The van der Waals surface area contributed by atoms with Crippen LogP contribution in [0.5, 0.6) is 0 Å². The van der Waals surface area contributed by atoms with Crippen molar-refractivity contribution >= 4 is 34.5 Å². The number of rotatable bonds is 2. The Labute approximate surface area is 104 Å². The molecule has 0 heterocycles. The van der Waals surface area contributed by atoms with Gasteiger partial charge in [0.2, 0.25) is 0 Å². The molecule has 0 fully saturated rings. The van der Waals surface area contributed by atoms with Gasteiger partial charge in [0.25, 0.3) is 0 Å². The molecule has 0 spiro atoms. The van der Waals surface area contributed by atoms with Crippen LogP contribution in [0.1, 0.15) is 0 Å². The molecular weight excluding hydrogens is 232 g/mol. The zero-order valence-corrected chi connectivity index (χ0v) is 10.00. The van der Waals surface area contributed by atoms with E-state index in [1.807, 2.05) is 12.1 Å². The van der Waals surface area contributed by atoms with E-state index in [4.69, 9.17) is 22.9 Å². The van der Waals surface area contributed by atoms with Gasteiger partial charge in [0.1, 0.15) is 0 Å². The van der Waals surface area contributed by atoms with Crippen LogP contribution >= 0.6 is 11.8 Å². The third-order valence-electron chi connectivity index (χ3n) is 2.29. The smallest absolute Gasteiger partial charge is 0.0476 e. The number of nitrogens with two attached hydrogens (primary N) is 4. The first-order valence-corrected chi connectivity index (χ1v) is 5.86. The molecule has 0 amide bonds. The Morgan fingerprint density at radius 2 is 1.29 bits per heavy atom. The van der Waals surface area contributed by atoms with Gasteiger partial charge < -0.3 is 22.9 Å². The van der Waals surface area contributed by atoms with Crippen molar-refractivity contribution in [1.82, 2.24) is 0 Å². The van der Waals surface area contributed by atoms with Crippen LogP contribution in [0.4, 0.5) is 22.7 Å². The van der Waals surface area contributed by atoms with Gasteiger partial charge in [0.05, 0.1) is 0 Å². The van der Waals surface area contributed by atoms with E-state index in [1.54, 1.807) is 24.3 Å². The summed E-state index contributed by atoms with van der Waals surface area (Å²) in [4.78, 5) is 1.80. The molecule has 5 heteroatoms. The Hall–Kier alpha value is -2.01. The highest BCUT2D eigenvalue weighted by Gasteiger charge is 2.05. The molecule has 0 aromatic heterocycles. The van der Waals surface area contributed by atoms with Crippen LogP contribution in [-0.2, 0) is 0 Å². The normalized spacial score (nSPS) is 10.4. The summed E-state index contributed by atoms with van der Waals surface area (Å²) < 4.78 is 0. The van der Waals surface area contributed by atoms with Crippen molar-refractivity contribution in [2.75, 3.05) is 22.9 Å². The van der Waals surface area contributed by atoms with Crippen LogP contribution in [0.3, 0.4) is 0 Å². The van der Waals surface area contributed by atoms with Crippen molar-refractivity contribution in [3.05, 3.63) is 36.4 Å². The highest BCUT2D eigenvalue weighted by molar-refractivity contribution is 7.99. The first-order valence-electron chi connectivity index (χ1n) is 5.04. The second-order valence-electron chi connectivity index (χ2n) is 3.70. The minimum Gasteiger partial charge on any atom is -0.399 e. The summed E-state index contributed by atoms with van der Waals surface area (Å²) in [5.74, 6) is 0. The Kier molecular flexibility index (Phi) is 3.01. The highest BCUT2D eigenvalue weighted by Crippen LogP contribution is 2.36. The predicted molar refractivity (Wildman–Crippen MR) is 74.7 cm³/mol. The number of nitrogen functional groups attached to an aromatic ring is 4. The summed E-state index contributed by atoms with van der Waals surface area (Å²) >= 11 is 1.48. The average molecular weight is 246 g/mol. The van der Waals surface area contributed by atoms with Crippen LogP contribution in [0.2, 0.25) is 0 Å². The largest absolute Gasteiger partial charge is 0.399 e. The lowest BCUT2D eigenvalue weighted by Gasteiger charge is -2.09. The maximum Gasteiger partial charge on any atom is 0.0476 e. The van der Waals surface area contributed by atoms with Gasteiger partial charge in [-0.25, -0.2) is 0 Å². The summed E-state index contributed by atoms with van der Waals surface area (Å²) in [7, 11) is 0. The van der Waals surface area contributed by atoms with Gasteiger partial charge in [0.15, 0.2) is 0 Å². The van der Waals surface area contributed by atoms with Crippen molar-refractivity contribution in [2.24, 2.45) is 0 Å². The predicted octanol–water partition coefficient (Wildman–Crippen LogP) is 2.17. The fraction of sp³-hybridized carbons (Fsp3) is 0. The molecule has 0 radical (unpaired) electrons. The molecule has 2 rings (SSSR count). The first kappa shape index (κ1) is 11.5. The number of hydrogen-bond donors (Lipinski definition) is 4. The van der Waals surface area contributed by atoms with Crippen LogP contribution in [-0.4, -0.2) is 0 Å². The lowest BCUT2D eigenvalue weighted by atomic mass is 10.3. The molecule has 8 N–H and O–H groups in total. The van der Waals surface area contributed by atoms with E-state index in [0.717, 1.165) is 9.79 Å². The summed E-state index contributed by atoms with van der Waals surface area (Å²) in [6, 6.07) is 10.8. The summed E-state index contributed by atoms with van der Waals surface area (Å²) in [5, 5.41) is 0. The maximum atomic E-state index is 5.88. The number of benzene rings is 2. The fourth-order valence-corrected chi connectivity index (χ4v) is 2.35. The lowest BCUT2D eigenvalue weighted by molar-refractivity contribution is 1.41. The Bertz CT molecular complexity index is 554. The van der Waals surface area contributed by atoms with Crippen LogP contribution in [0, 0.1) is 0 Å². The SMILES string of the molecule is Nc1ccc(Sc2cc(N)ccc2N)c(N)c1. The van der Waals surface area contributed by atoms with E-state index in [-0.39, 0.29) is 0 Å². The third-order valence-corrected chi connectivity index (χ3v) is 3.46. The van der Waals surface area contributed by atoms with Gasteiger partial charge >= 0.3 is 0 Å². The molecule has 88 valence electrons. The summed E-state index contributed by atoms with van der Waals surface area (Å²) in [6.07, 6.45) is 0. The van der Waals surface area contributed by atoms with Crippen LogP contribution < -0.4 is 22.9 Å². The van der Waals surface area contributed by atoms with Gasteiger partial charge in [-0.05, 0) is 36.4 Å². The molecule has 4 nitrogen and oxygen atoms in total. The van der Waals surface area contributed by atoms with E-state index in [0.29, 0.717) is 22.7 Å². The van der Waals surface area contributed by atoms with Gasteiger partial charge in [-0.2, -0.15) is 0 Å². The molecule has 0 aliphatic rings. The fourth-order valence-electron chi connectivity index (χ4n) is 1.42. The van der Waals surface area contributed by atoms with Crippen molar-refractivity contribution in [1.29, 1.82) is 0 Å². The maximum absolute atomic E-state index is 5.88. The van der Waals surface area contributed by atoms with Crippen LogP contribution in [0.25, 0.3) is 0 Å². The van der Waals surface area contributed by atoms with E-state index in [1.165, 1.54) is 11.8 Å². The standard InChI is InChI=1S/C12H14N4S/c13-7-2-4-11(10(16)5-7)17-12-6-8(14)1-3-9(12)15/h1-6H,13-16H2. The van der Waals surface area contributed by atoms with E-state index >= 15 is 0 Å². The molecule has 0 aliphatic heterocycles. The minimum atomic E-state index is 0.636. The molecule has 0 saturated heterocycles. The molecule has 0 bridgehead atoms. The van der Waals surface area contributed by atoms with Crippen molar-refractivity contribution < 1.29 is 0 Å². The van der Waals surface area contributed by atoms with E-state index in [9.17, 15) is 0 Å². The van der Waals surface area contributed by atoms with E-state index < -0.39 is 0 Å². The second-order valence-corrected chi connectivity index (χ2v) is 4.78. The van der Waals surface area contributed by atoms with Gasteiger partial charge in [-0.1, -0.05) is 11.8 Å². The summed E-state index contributed by atoms with van der Waals surface area (Å²) in [6.45, 7) is 0. The number of anilines is 4. The third kappa shape index (κ3) is 2.57. The Morgan fingerprint density at radius 3 is 2.00 bits per heavy atom. The molecule has 0 aliphatic carbocycles. The summed E-state index contributed by atoms with van der Waals surface area (Å²) in [5.41, 5.74) is 25.8. The van der Waals surface area contributed by atoms with Crippen molar-refractivity contribution in [2.45, 2.75) is 9.79 Å². The van der Waals surface area contributed by atoms with Gasteiger partial charge in [-0.3, -0.25) is 0 Å². The molecular formula is C12H14N4S. The molecule has 2 aromatic rings. The number of hydrogen-bond acceptors (Lipinski definition) is 5. The van der Waals surface area contributed by atoms with Crippen molar-refractivity contribution in [3.63, 3.8) is 0 Å². The molecule has 2 aromatic carbocycles. The Morgan fingerprint density at radius 1 is 0.647 bits per heavy atom. The average Bonchev–Trinajstić information content (AvgIpc) is 2.27. The molecule has 0 atom stereocenters. The molecule has 0 saturated carbocycles. The molecule has 0 unspecified atom stereocenters. The van der Waals surface area contributed by atoms with E-state index in [2.05, 4.69) is 0 Å². The second kappa shape index (κ2) is 4.47. The zero-order chi connectivity index (χ0) is 12.4. The minimum absolute atomic E-state index is 0.636. The quantitative estimate of drug-likeness (QED) is 0.608. The highest BCUT2D eigenvalue weighted by atomic mass is 32.2. The zero-order valence-electron chi connectivity index (χ0n) is 9.18. The van der Waals surface area contributed by atoms with Gasteiger partial charge in [-0.15, -0.1) is 0 Å². The lowest BCUT2D eigenvalue weighted by Crippen LogP contribution is -1.94. The molecule has 17 heavy (non-hydrogen) atoms. The Balaban J connectivity index is 2.34. The van der Waals surface area contributed by atoms with Crippen LogP contribution in [0.15, 0.2) is 46.2 Å². The van der Waals surface area contributed by atoms with Crippen molar-refractivity contribution in [3.8, 4) is 0 Å².